The first kappa shape index (κ1) is 36.6. The minimum Gasteiger partial charge on any atom is -0.456 e. The fraction of sp³-hybridized carbons (Fsp3) is 0.0164. The third-order valence-electron chi connectivity index (χ3n) is 12.7. The summed E-state index contributed by atoms with van der Waals surface area (Å²) in [6, 6.07) is 72.4. The van der Waals surface area contributed by atoms with Crippen molar-refractivity contribution in [3.8, 4) is 16.8 Å². The fourth-order valence-corrected chi connectivity index (χ4v) is 9.56. The van der Waals surface area contributed by atoms with Gasteiger partial charge in [-0.15, -0.1) is 0 Å². The minimum atomic E-state index is 0.772. The van der Waals surface area contributed by atoms with Crippen LogP contribution in [0.25, 0.3) is 100 Å². The van der Waals surface area contributed by atoms with Crippen LogP contribution in [0.2, 0.25) is 0 Å². The van der Waals surface area contributed by atoms with Crippen molar-refractivity contribution in [2.75, 3.05) is 0 Å². The number of para-hydroxylation sites is 2. The Kier molecular flexibility index (Phi) is 8.76. The number of nitrogens with zero attached hydrogens (tertiary/aromatic N) is 1. The van der Waals surface area contributed by atoms with Crippen LogP contribution in [0.1, 0.15) is 33.4 Å². The molecule has 9 aromatic carbocycles. The van der Waals surface area contributed by atoms with Crippen molar-refractivity contribution in [2.24, 2.45) is 0 Å². The van der Waals surface area contributed by atoms with Crippen molar-refractivity contribution in [3.63, 3.8) is 0 Å². The van der Waals surface area contributed by atoms with Crippen LogP contribution in [0.15, 0.2) is 223 Å². The van der Waals surface area contributed by atoms with Crippen LogP contribution in [-0.2, 0) is 6.42 Å². The van der Waals surface area contributed by atoms with Crippen molar-refractivity contribution in [2.45, 2.75) is 6.42 Å². The molecule has 2 nitrogen and oxygen atoms in total. The molecule has 0 radical (unpaired) electrons. The summed E-state index contributed by atoms with van der Waals surface area (Å²) in [5.74, 6) is 0. The molecular weight excluding hydrogens is 763 g/mol. The van der Waals surface area contributed by atoms with Crippen LogP contribution in [0, 0.1) is 0 Å². The number of fused-ring (bicyclic) bond motifs is 8. The van der Waals surface area contributed by atoms with E-state index >= 15 is 0 Å². The van der Waals surface area contributed by atoms with Crippen LogP contribution in [0.5, 0.6) is 0 Å². The van der Waals surface area contributed by atoms with Crippen LogP contribution < -0.4 is 0 Å². The molecule has 1 aliphatic rings. The molecule has 0 fully saturated rings. The van der Waals surface area contributed by atoms with Crippen molar-refractivity contribution in [1.29, 1.82) is 0 Å². The number of rotatable bonds is 7. The molecule has 0 bridgehead atoms. The SMILES string of the molecule is C=C1C=CC(c2ccccc2)=Cc2ccc(C/C(=C/c3cccc(-c4ccc5c(c4)c4ccccc4n5-c4ccc5oc6ccccc6c5c4)c3)c3ccc4ccccc4c3)cc21. The van der Waals surface area contributed by atoms with E-state index in [0.717, 1.165) is 45.2 Å². The maximum absolute atomic E-state index is 6.19. The molecule has 0 atom stereocenters. The molecule has 12 rings (SSSR count). The average molecular weight is 804 g/mol. The summed E-state index contributed by atoms with van der Waals surface area (Å²) in [7, 11) is 0. The Hall–Kier alpha value is -8.20. The molecule has 0 saturated heterocycles. The lowest BCUT2D eigenvalue weighted by molar-refractivity contribution is 0.669. The molecule has 2 aromatic heterocycles. The first-order valence-electron chi connectivity index (χ1n) is 21.6. The van der Waals surface area contributed by atoms with Crippen molar-refractivity contribution >= 4 is 83.4 Å². The van der Waals surface area contributed by atoms with Gasteiger partial charge < -0.3 is 8.98 Å². The smallest absolute Gasteiger partial charge is 0.135 e. The molecule has 0 unspecified atom stereocenters. The van der Waals surface area contributed by atoms with Gasteiger partial charge in [-0.2, -0.15) is 0 Å². The van der Waals surface area contributed by atoms with Gasteiger partial charge in [0.25, 0.3) is 0 Å². The molecule has 0 saturated carbocycles. The van der Waals surface area contributed by atoms with Crippen molar-refractivity contribution < 1.29 is 4.42 Å². The van der Waals surface area contributed by atoms with Crippen LogP contribution in [-0.4, -0.2) is 4.57 Å². The van der Waals surface area contributed by atoms with E-state index in [0.29, 0.717) is 0 Å². The Bertz CT molecular complexity index is 3720. The number of benzene rings is 9. The van der Waals surface area contributed by atoms with E-state index in [1.165, 1.54) is 82.7 Å². The van der Waals surface area contributed by atoms with E-state index in [4.69, 9.17) is 4.42 Å². The lowest BCUT2D eigenvalue weighted by Crippen LogP contribution is -1.95. The summed E-state index contributed by atoms with van der Waals surface area (Å²) < 4.78 is 8.58. The molecule has 0 N–H and O–H groups in total. The van der Waals surface area contributed by atoms with E-state index in [1.54, 1.807) is 0 Å². The van der Waals surface area contributed by atoms with E-state index in [-0.39, 0.29) is 0 Å². The number of hydrogen-bond donors (Lipinski definition) is 0. The van der Waals surface area contributed by atoms with Gasteiger partial charge >= 0.3 is 0 Å². The van der Waals surface area contributed by atoms with E-state index < -0.39 is 0 Å². The lowest BCUT2D eigenvalue weighted by Gasteiger charge is -2.14. The molecule has 0 aliphatic heterocycles. The topological polar surface area (TPSA) is 18.1 Å². The van der Waals surface area contributed by atoms with Gasteiger partial charge in [-0.3, -0.25) is 0 Å². The molecule has 0 amide bonds. The highest BCUT2D eigenvalue weighted by Gasteiger charge is 2.17. The van der Waals surface area contributed by atoms with Gasteiger partial charge in [0.05, 0.1) is 11.0 Å². The second-order valence-corrected chi connectivity index (χ2v) is 16.6. The largest absolute Gasteiger partial charge is 0.456 e. The van der Waals surface area contributed by atoms with Gasteiger partial charge in [-0.25, -0.2) is 0 Å². The third-order valence-corrected chi connectivity index (χ3v) is 12.7. The summed E-state index contributed by atoms with van der Waals surface area (Å²) in [5.41, 5.74) is 18.3. The Morgan fingerprint density at radius 3 is 2.19 bits per heavy atom. The van der Waals surface area contributed by atoms with Crippen LogP contribution in [0.3, 0.4) is 0 Å². The number of allylic oxidation sites excluding steroid dienone is 5. The Labute approximate surface area is 366 Å². The molecule has 2 heterocycles. The first-order chi connectivity index (χ1) is 31.1. The standard InChI is InChI=1S/C61H41NO/c1-40-22-24-47(43-13-3-2-4-14-43)37-50-25-23-42(35-55(40)50)34-51(48-27-26-44-15-5-6-16-46(44)36-48)33-41-12-11-17-45(32-41)49-28-30-59-56(38-49)53-18-7-9-20-58(53)62(59)52-29-31-61-57(39-52)54-19-8-10-21-60(54)63-61/h2-33,35-39H,1,34H2/b51-33-. The molecule has 1 aliphatic carbocycles. The Morgan fingerprint density at radius 1 is 0.508 bits per heavy atom. The highest BCUT2D eigenvalue weighted by atomic mass is 16.3. The monoisotopic (exact) mass is 803 g/mol. The predicted molar refractivity (Wildman–Crippen MR) is 268 cm³/mol. The van der Waals surface area contributed by atoms with Gasteiger partial charge in [0.1, 0.15) is 11.2 Å². The highest BCUT2D eigenvalue weighted by molar-refractivity contribution is 6.11. The molecule has 296 valence electrons. The molecule has 0 spiro atoms. The summed E-state index contributed by atoms with van der Waals surface area (Å²) in [4.78, 5) is 0. The van der Waals surface area contributed by atoms with E-state index in [9.17, 15) is 0 Å². The van der Waals surface area contributed by atoms with Gasteiger partial charge in [0, 0.05) is 27.2 Å². The van der Waals surface area contributed by atoms with Gasteiger partial charge in [0.2, 0.25) is 0 Å². The highest BCUT2D eigenvalue weighted by Crippen LogP contribution is 2.38. The quantitative estimate of drug-likeness (QED) is 0.147. The molecule has 11 aromatic rings. The average Bonchev–Trinajstić information content (AvgIpc) is 3.82. The maximum atomic E-state index is 6.19. The summed E-state index contributed by atoms with van der Waals surface area (Å²) in [6.07, 6.45) is 9.77. The zero-order chi connectivity index (χ0) is 41.9. The van der Waals surface area contributed by atoms with Gasteiger partial charge in [-0.1, -0.05) is 170 Å². The molecule has 63 heavy (non-hydrogen) atoms. The van der Waals surface area contributed by atoms with Crippen LogP contribution >= 0.6 is 0 Å². The van der Waals surface area contributed by atoms with E-state index in [1.807, 2.05) is 12.1 Å². The summed E-state index contributed by atoms with van der Waals surface area (Å²) in [5, 5.41) is 7.18. The number of hydrogen-bond acceptors (Lipinski definition) is 1. The van der Waals surface area contributed by atoms with Crippen LogP contribution in [0.4, 0.5) is 0 Å². The second-order valence-electron chi connectivity index (χ2n) is 16.6. The second kappa shape index (κ2) is 15.1. The summed E-state index contributed by atoms with van der Waals surface area (Å²) in [6.45, 7) is 4.49. The fourth-order valence-electron chi connectivity index (χ4n) is 9.56. The summed E-state index contributed by atoms with van der Waals surface area (Å²) >= 11 is 0. The molecular formula is C61H41NO. The van der Waals surface area contributed by atoms with Gasteiger partial charge in [-0.05, 0) is 139 Å². The Morgan fingerprint density at radius 2 is 1.27 bits per heavy atom. The normalized spacial score (nSPS) is 13.0. The minimum absolute atomic E-state index is 0.772. The molecule has 2 heteroatoms. The number of aromatic nitrogens is 1. The zero-order valence-corrected chi connectivity index (χ0v) is 34.6. The first-order valence-corrected chi connectivity index (χ1v) is 21.6. The third kappa shape index (κ3) is 6.61. The lowest BCUT2D eigenvalue weighted by atomic mass is 9.91. The number of furan rings is 1. The van der Waals surface area contributed by atoms with Gasteiger partial charge in [0.15, 0.2) is 0 Å². The zero-order valence-electron chi connectivity index (χ0n) is 34.6. The maximum Gasteiger partial charge on any atom is 0.135 e. The van der Waals surface area contributed by atoms with Crippen molar-refractivity contribution in [3.05, 3.63) is 252 Å². The Balaban J connectivity index is 0.936. The predicted octanol–water partition coefficient (Wildman–Crippen LogP) is 16.4. The van der Waals surface area contributed by atoms with E-state index in [2.05, 4.69) is 224 Å². The van der Waals surface area contributed by atoms with Crippen molar-refractivity contribution in [1.82, 2.24) is 4.57 Å².